The number of alkyl halides is 3. The summed E-state index contributed by atoms with van der Waals surface area (Å²) in [5.74, 6) is -0.182. The molecule has 3 aromatic carbocycles. The first-order valence-corrected chi connectivity index (χ1v) is 14.4. The second-order valence-corrected chi connectivity index (χ2v) is 10.5. The number of benzene rings is 3. The van der Waals surface area contributed by atoms with E-state index in [0.29, 0.717) is 16.7 Å². The molecule has 40 heavy (non-hydrogen) atoms. The fourth-order valence-corrected chi connectivity index (χ4v) is 5.48. The summed E-state index contributed by atoms with van der Waals surface area (Å²) in [5, 5.41) is 6.84. The third-order valence-corrected chi connectivity index (χ3v) is 7.82. The maximum absolute atomic E-state index is 13.2. The number of carbonyl (C=O) groups excluding carboxylic acids is 1. The summed E-state index contributed by atoms with van der Waals surface area (Å²) >= 11 is 0. The highest BCUT2D eigenvalue weighted by Crippen LogP contribution is 2.32. The lowest BCUT2D eigenvalue weighted by Gasteiger charge is -2.32. The molecular weight excluding hydrogens is 511 g/mol. The number of likely N-dealkylation sites (tertiary alicyclic amines) is 1. The molecule has 7 heteroatoms. The van der Waals surface area contributed by atoms with E-state index in [-0.39, 0.29) is 11.9 Å². The number of aryl methyl sites for hydroxylation is 2. The Balaban J connectivity index is 1.22. The largest absolute Gasteiger partial charge is 0.416 e. The smallest absolute Gasteiger partial charge is 0.385 e. The summed E-state index contributed by atoms with van der Waals surface area (Å²) in [6.07, 6.45) is 1.68. The number of anilines is 1. The predicted molar refractivity (Wildman–Crippen MR) is 157 cm³/mol. The number of rotatable bonds is 11. The van der Waals surface area contributed by atoms with Gasteiger partial charge in [-0.15, -0.1) is 0 Å². The fraction of sp³-hybridized carbons (Fsp3) is 0.424. The molecule has 3 aromatic rings. The monoisotopic (exact) mass is 551 g/mol. The standard InChI is InChI=1S/C33H40F3N3O/c1-3-24-10-9-11-25(4-2)31(24)37-20-7-8-21-39-22-18-28(19-23-39)38-32(40)30-13-6-5-12-29(30)26-14-16-27(17-15-26)33(34,35)36/h5-6,9-17,28,37H,3-4,7-8,18-23H2,1-2H3,(H,38,40). The van der Waals surface area contributed by atoms with Gasteiger partial charge in [0.1, 0.15) is 0 Å². The van der Waals surface area contributed by atoms with Crippen molar-refractivity contribution in [2.75, 3.05) is 31.5 Å². The first-order valence-electron chi connectivity index (χ1n) is 14.4. The van der Waals surface area contributed by atoms with Crippen LogP contribution in [0.4, 0.5) is 18.9 Å². The van der Waals surface area contributed by atoms with Gasteiger partial charge >= 0.3 is 6.18 Å². The molecule has 1 aliphatic rings. The highest BCUT2D eigenvalue weighted by molar-refractivity contribution is 6.01. The lowest BCUT2D eigenvalue weighted by Crippen LogP contribution is -2.45. The van der Waals surface area contributed by atoms with Crippen molar-refractivity contribution in [3.8, 4) is 11.1 Å². The van der Waals surface area contributed by atoms with E-state index in [1.165, 1.54) is 28.9 Å². The van der Waals surface area contributed by atoms with Crippen LogP contribution in [-0.4, -0.2) is 43.0 Å². The second-order valence-electron chi connectivity index (χ2n) is 10.5. The van der Waals surface area contributed by atoms with Crippen molar-refractivity contribution < 1.29 is 18.0 Å². The molecule has 1 fully saturated rings. The van der Waals surface area contributed by atoms with E-state index in [4.69, 9.17) is 0 Å². The summed E-state index contributed by atoms with van der Waals surface area (Å²) in [6.45, 7) is 8.30. The Labute approximate surface area is 236 Å². The van der Waals surface area contributed by atoms with Crippen LogP contribution in [0.15, 0.2) is 66.7 Å². The van der Waals surface area contributed by atoms with E-state index >= 15 is 0 Å². The van der Waals surface area contributed by atoms with Crippen LogP contribution < -0.4 is 10.6 Å². The molecule has 214 valence electrons. The van der Waals surface area contributed by atoms with Crippen molar-refractivity contribution in [3.05, 3.63) is 89.0 Å². The lowest BCUT2D eigenvalue weighted by atomic mass is 9.97. The van der Waals surface area contributed by atoms with E-state index in [2.05, 4.69) is 47.6 Å². The number of hydrogen-bond donors (Lipinski definition) is 2. The highest BCUT2D eigenvalue weighted by Gasteiger charge is 2.30. The maximum Gasteiger partial charge on any atom is 0.416 e. The van der Waals surface area contributed by atoms with Crippen molar-refractivity contribution in [3.63, 3.8) is 0 Å². The summed E-state index contributed by atoms with van der Waals surface area (Å²) in [6, 6.07) is 18.7. The molecular formula is C33H40F3N3O. The Kier molecular flexibility index (Phi) is 10.3. The molecule has 1 heterocycles. The van der Waals surface area contributed by atoms with E-state index in [1.807, 2.05) is 0 Å². The molecule has 0 atom stereocenters. The fourth-order valence-electron chi connectivity index (χ4n) is 5.48. The molecule has 0 bridgehead atoms. The molecule has 1 saturated heterocycles. The molecule has 0 spiro atoms. The van der Waals surface area contributed by atoms with Gasteiger partial charge in [-0.3, -0.25) is 4.79 Å². The number of piperidine rings is 1. The number of halogens is 3. The van der Waals surface area contributed by atoms with Gasteiger partial charge < -0.3 is 15.5 Å². The summed E-state index contributed by atoms with van der Waals surface area (Å²) in [7, 11) is 0. The number of para-hydroxylation sites is 1. The van der Waals surface area contributed by atoms with Crippen LogP contribution in [-0.2, 0) is 19.0 Å². The Morgan fingerprint density at radius 1 is 0.875 bits per heavy atom. The van der Waals surface area contributed by atoms with Gasteiger partial charge in [-0.05, 0) is 85.5 Å². The lowest BCUT2D eigenvalue weighted by molar-refractivity contribution is -0.137. The third-order valence-electron chi connectivity index (χ3n) is 7.82. The minimum absolute atomic E-state index is 0.0871. The van der Waals surface area contributed by atoms with Gasteiger partial charge in [0.25, 0.3) is 5.91 Å². The van der Waals surface area contributed by atoms with Crippen molar-refractivity contribution in [1.82, 2.24) is 10.2 Å². The predicted octanol–water partition coefficient (Wildman–Crippen LogP) is 7.58. The van der Waals surface area contributed by atoms with E-state index in [0.717, 1.165) is 76.8 Å². The molecule has 0 radical (unpaired) electrons. The third kappa shape index (κ3) is 7.66. The topological polar surface area (TPSA) is 44.4 Å². The SMILES string of the molecule is CCc1cccc(CC)c1NCCCCN1CCC(NC(=O)c2ccccc2-c2ccc(C(F)(F)F)cc2)CC1. The quantitative estimate of drug-likeness (QED) is 0.242. The van der Waals surface area contributed by atoms with Crippen LogP contribution in [0.2, 0.25) is 0 Å². The van der Waals surface area contributed by atoms with Crippen LogP contribution in [0, 0.1) is 0 Å². The molecule has 2 N–H and O–H groups in total. The van der Waals surface area contributed by atoms with Crippen molar-refractivity contribution in [2.24, 2.45) is 0 Å². The minimum atomic E-state index is -4.39. The Morgan fingerprint density at radius 2 is 1.52 bits per heavy atom. The van der Waals surface area contributed by atoms with E-state index in [9.17, 15) is 18.0 Å². The van der Waals surface area contributed by atoms with Crippen LogP contribution in [0.25, 0.3) is 11.1 Å². The van der Waals surface area contributed by atoms with Crippen molar-refractivity contribution in [2.45, 2.75) is 64.6 Å². The molecule has 0 saturated carbocycles. The van der Waals surface area contributed by atoms with Crippen LogP contribution in [0.5, 0.6) is 0 Å². The molecule has 0 aliphatic carbocycles. The molecule has 4 rings (SSSR count). The zero-order valence-electron chi connectivity index (χ0n) is 23.5. The molecule has 1 amide bonds. The zero-order valence-corrected chi connectivity index (χ0v) is 23.5. The summed E-state index contributed by atoms with van der Waals surface area (Å²) in [5.41, 5.74) is 5.07. The van der Waals surface area contributed by atoms with E-state index < -0.39 is 11.7 Å². The molecule has 4 nitrogen and oxygen atoms in total. The number of carbonyl (C=O) groups is 1. The van der Waals surface area contributed by atoms with Gasteiger partial charge in [0.05, 0.1) is 5.56 Å². The number of nitrogens with one attached hydrogen (secondary N) is 2. The Bertz CT molecular complexity index is 1230. The first-order chi connectivity index (χ1) is 19.3. The van der Waals surface area contributed by atoms with Crippen LogP contribution >= 0.6 is 0 Å². The average Bonchev–Trinajstić information content (AvgIpc) is 2.97. The normalized spacial score (nSPS) is 14.7. The number of hydrogen-bond acceptors (Lipinski definition) is 3. The van der Waals surface area contributed by atoms with Crippen LogP contribution in [0.1, 0.15) is 66.6 Å². The first kappa shape index (κ1) is 29.7. The van der Waals surface area contributed by atoms with Gasteiger partial charge in [-0.25, -0.2) is 0 Å². The summed E-state index contributed by atoms with van der Waals surface area (Å²) < 4.78 is 38.9. The average molecular weight is 552 g/mol. The highest BCUT2D eigenvalue weighted by atomic mass is 19.4. The van der Waals surface area contributed by atoms with Gasteiger partial charge in [0, 0.05) is 36.9 Å². The van der Waals surface area contributed by atoms with Gasteiger partial charge in [-0.1, -0.05) is 62.4 Å². The minimum Gasteiger partial charge on any atom is -0.385 e. The Morgan fingerprint density at radius 3 is 2.15 bits per heavy atom. The van der Waals surface area contributed by atoms with Gasteiger partial charge in [-0.2, -0.15) is 13.2 Å². The number of nitrogens with zero attached hydrogens (tertiary/aromatic N) is 1. The zero-order chi connectivity index (χ0) is 28.5. The number of amides is 1. The molecule has 0 unspecified atom stereocenters. The summed E-state index contributed by atoms with van der Waals surface area (Å²) in [4.78, 5) is 15.6. The second kappa shape index (κ2) is 13.8. The van der Waals surface area contributed by atoms with Gasteiger partial charge in [0.15, 0.2) is 0 Å². The van der Waals surface area contributed by atoms with Crippen molar-refractivity contribution in [1.29, 1.82) is 0 Å². The van der Waals surface area contributed by atoms with Gasteiger partial charge in [0.2, 0.25) is 0 Å². The molecule has 0 aromatic heterocycles. The van der Waals surface area contributed by atoms with E-state index in [1.54, 1.807) is 24.3 Å². The maximum atomic E-state index is 13.2. The van der Waals surface area contributed by atoms with Crippen molar-refractivity contribution >= 4 is 11.6 Å². The van der Waals surface area contributed by atoms with Crippen LogP contribution in [0.3, 0.4) is 0 Å². The Hall–Kier alpha value is -3.32. The number of unbranched alkanes of at least 4 members (excludes halogenated alkanes) is 1. The molecule has 1 aliphatic heterocycles.